The average molecular weight is 325 g/mol. The van der Waals surface area contributed by atoms with E-state index in [1.807, 2.05) is 13.0 Å². The quantitative estimate of drug-likeness (QED) is 0.737. The third-order valence-corrected chi connectivity index (χ3v) is 3.78. The van der Waals surface area contributed by atoms with Gasteiger partial charge in [-0.2, -0.15) is 5.26 Å². The summed E-state index contributed by atoms with van der Waals surface area (Å²) in [5.74, 6) is 0.453. The minimum atomic E-state index is -2.77. The maximum absolute atomic E-state index is 13.3. The van der Waals surface area contributed by atoms with Crippen molar-refractivity contribution in [1.82, 2.24) is 9.55 Å². The highest BCUT2D eigenvalue weighted by atomic mass is 19.3. The molecule has 0 bridgehead atoms. The fraction of sp³-hybridized carbons (Fsp3) is 0.167. The first-order valence-corrected chi connectivity index (χ1v) is 7.40. The van der Waals surface area contributed by atoms with E-state index in [1.54, 1.807) is 30.3 Å². The van der Waals surface area contributed by atoms with Crippen molar-refractivity contribution >= 4 is 10.9 Å². The monoisotopic (exact) mass is 325 g/mol. The van der Waals surface area contributed by atoms with E-state index in [0.717, 1.165) is 0 Å². The van der Waals surface area contributed by atoms with E-state index in [1.165, 1.54) is 16.7 Å². The molecule has 0 saturated heterocycles. The van der Waals surface area contributed by atoms with Gasteiger partial charge in [0.05, 0.1) is 28.2 Å². The summed E-state index contributed by atoms with van der Waals surface area (Å²) >= 11 is 0. The van der Waals surface area contributed by atoms with Crippen LogP contribution in [0.5, 0.6) is 0 Å². The summed E-state index contributed by atoms with van der Waals surface area (Å²) in [5.41, 5.74) is 0.182. The molecule has 0 saturated carbocycles. The third-order valence-electron chi connectivity index (χ3n) is 3.78. The molecule has 0 amide bonds. The van der Waals surface area contributed by atoms with Crippen molar-refractivity contribution in [2.24, 2.45) is 0 Å². The summed E-state index contributed by atoms with van der Waals surface area (Å²) in [6.07, 6.45) is -2.32. The first-order chi connectivity index (χ1) is 11.6. The molecule has 120 valence electrons. The zero-order valence-corrected chi connectivity index (χ0v) is 12.8. The van der Waals surface area contributed by atoms with Crippen LogP contribution in [-0.4, -0.2) is 9.55 Å². The second-order valence-corrected chi connectivity index (χ2v) is 5.23. The second kappa shape index (κ2) is 6.20. The van der Waals surface area contributed by atoms with Gasteiger partial charge in [-0.05, 0) is 24.3 Å². The topological polar surface area (TPSA) is 58.7 Å². The lowest BCUT2D eigenvalue weighted by Crippen LogP contribution is -2.24. The van der Waals surface area contributed by atoms with Gasteiger partial charge >= 0.3 is 0 Å². The zero-order chi connectivity index (χ0) is 17.3. The van der Waals surface area contributed by atoms with Gasteiger partial charge in [-0.1, -0.05) is 25.1 Å². The van der Waals surface area contributed by atoms with Crippen LogP contribution in [0.1, 0.15) is 30.3 Å². The predicted molar refractivity (Wildman–Crippen MR) is 86.4 cm³/mol. The number of nitrogens with zero attached hydrogens (tertiary/aromatic N) is 3. The number of benzene rings is 2. The molecule has 0 aliphatic carbocycles. The summed E-state index contributed by atoms with van der Waals surface area (Å²) < 4.78 is 27.9. The minimum Gasteiger partial charge on any atom is -0.268 e. The van der Waals surface area contributed by atoms with Gasteiger partial charge in [0.2, 0.25) is 0 Å². The first-order valence-electron chi connectivity index (χ1n) is 7.40. The highest BCUT2D eigenvalue weighted by Crippen LogP contribution is 2.25. The van der Waals surface area contributed by atoms with E-state index in [9.17, 15) is 13.6 Å². The van der Waals surface area contributed by atoms with E-state index >= 15 is 0 Å². The summed E-state index contributed by atoms with van der Waals surface area (Å²) in [5, 5.41) is 8.95. The van der Waals surface area contributed by atoms with Crippen molar-refractivity contribution in [3.05, 3.63) is 69.8 Å². The van der Waals surface area contributed by atoms with Crippen LogP contribution in [-0.2, 0) is 6.42 Å². The molecule has 0 aliphatic rings. The van der Waals surface area contributed by atoms with Gasteiger partial charge < -0.3 is 0 Å². The molecule has 3 aromatic rings. The molecule has 2 aromatic carbocycles. The number of aryl methyl sites for hydroxylation is 1. The Morgan fingerprint density at radius 3 is 2.67 bits per heavy atom. The largest absolute Gasteiger partial charge is 0.268 e. The highest BCUT2D eigenvalue weighted by molar-refractivity contribution is 5.82. The van der Waals surface area contributed by atoms with Crippen molar-refractivity contribution in [2.75, 3.05) is 0 Å². The number of alkyl halides is 2. The van der Waals surface area contributed by atoms with Crippen LogP contribution in [0.4, 0.5) is 8.78 Å². The van der Waals surface area contributed by atoms with E-state index in [4.69, 9.17) is 5.26 Å². The summed E-state index contributed by atoms with van der Waals surface area (Å²) in [4.78, 5) is 17.3. The number of halogens is 2. The molecule has 24 heavy (non-hydrogen) atoms. The lowest BCUT2D eigenvalue weighted by atomic mass is 10.1. The number of hydrogen-bond donors (Lipinski definition) is 0. The third kappa shape index (κ3) is 2.54. The van der Waals surface area contributed by atoms with Crippen LogP contribution in [0, 0.1) is 11.3 Å². The van der Waals surface area contributed by atoms with Crippen molar-refractivity contribution < 1.29 is 8.78 Å². The van der Waals surface area contributed by atoms with E-state index in [-0.39, 0.29) is 16.5 Å². The molecular weight excluding hydrogens is 312 g/mol. The molecule has 0 spiro atoms. The Hall–Kier alpha value is -3.07. The number of aromatic nitrogens is 2. The van der Waals surface area contributed by atoms with Crippen LogP contribution in [0.15, 0.2) is 47.3 Å². The van der Waals surface area contributed by atoms with Gasteiger partial charge in [0.25, 0.3) is 12.0 Å². The zero-order valence-electron chi connectivity index (χ0n) is 12.8. The molecule has 3 rings (SSSR count). The van der Waals surface area contributed by atoms with Crippen LogP contribution >= 0.6 is 0 Å². The van der Waals surface area contributed by atoms with Crippen LogP contribution < -0.4 is 5.56 Å². The molecule has 0 atom stereocenters. The van der Waals surface area contributed by atoms with Crippen molar-refractivity contribution in [2.45, 2.75) is 19.8 Å². The Bertz CT molecular complexity index is 1020. The lowest BCUT2D eigenvalue weighted by Gasteiger charge is -2.14. The fourth-order valence-electron chi connectivity index (χ4n) is 2.70. The number of nitriles is 1. The number of hydrogen-bond acceptors (Lipinski definition) is 3. The van der Waals surface area contributed by atoms with Crippen LogP contribution in [0.25, 0.3) is 16.6 Å². The van der Waals surface area contributed by atoms with Crippen molar-refractivity contribution in [3.63, 3.8) is 0 Å². The van der Waals surface area contributed by atoms with Crippen LogP contribution in [0.2, 0.25) is 0 Å². The Balaban J connectivity index is 2.43. The van der Waals surface area contributed by atoms with Gasteiger partial charge in [0.15, 0.2) is 0 Å². The lowest BCUT2D eigenvalue weighted by molar-refractivity contribution is 0.153. The molecule has 6 heteroatoms. The van der Waals surface area contributed by atoms with Gasteiger partial charge in [-0.15, -0.1) is 0 Å². The molecule has 0 aliphatic heterocycles. The Morgan fingerprint density at radius 2 is 2.00 bits per heavy atom. The predicted octanol–water partition coefficient (Wildman–Crippen LogP) is 3.76. The van der Waals surface area contributed by atoms with E-state index < -0.39 is 12.0 Å². The van der Waals surface area contributed by atoms with Gasteiger partial charge in [0.1, 0.15) is 5.82 Å². The minimum absolute atomic E-state index is 0.0907. The van der Waals surface area contributed by atoms with Gasteiger partial charge in [0, 0.05) is 12.0 Å². The summed E-state index contributed by atoms with van der Waals surface area (Å²) in [6.45, 7) is 1.83. The van der Waals surface area contributed by atoms with Gasteiger partial charge in [-0.3, -0.25) is 9.36 Å². The van der Waals surface area contributed by atoms with Crippen molar-refractivity contribution in [1.29, 1.82) is 5.26 Å². The Morgan fingerprint density at radius 1 is 1.25 bits per heavy atom. The maximum Gasteiger partial charge on any atom is 0.266 e. The first kappa shape index (κ1) is 15.8. The molecule has 0 unspecified atom stereocenters. The number of rotatable bonds is 3. The van der Waals surface area contributed by atoms with Gasteiger partial charge in [-0.25, -0.2) is 13.8 Å². The molecule has 1 heterocycles. The summed E-state index contributed by atoms with van der Waals surface area (Å²) in [6, 6.07) is 12.7. The number of fused-ring (bicyclic) bond motifs is 1. The smallest absolute Gasteiger partial charge is 0.266 e. The highest BCUT2D eigenvalue weighted by Gasteiger charge is 2.19. The molecular formula is C18H13F2N3O. The Labute approximate surface area is 136 Å². The van der Waals surface area contributed by atoms with Crippen molar-refractivity contribution in [3.8, 4) is 11.8 Å². The molecule has 0 fully saturated rings. The Kier molecular flexibility index (Phi) is 4.09. The second-order valence-electron chi connectivity index (χ2n) is 5.23. The van der Waals surface area contributed by atoms with Crippen LogP contribution in [0.3, 0.4) is 0 Å². The summed E-state index contributed by atoms with van der Waals surface area (Å²) in [7, 11) is 0. The molecule has 0 N–H and O–H groups in total. The van der Waals surface area contributed by atoms with E-state index in [0.29, 0.717) is 23.5 Å². The standard InChI is InChI=1S/C18H13F2N3O/c1-2-15-22-14-8-4-7-13(17(19)20)16(14)18(24)23(15)12-6-3-5-11(9-12)10-21/h3-9,17H,2H2,1H3. The fourth-order valence-corrected chi connectivity index (χ4v) is 2.70. The molecule has 1 aromatic heterocycles. The maximum atomic E-state index is 13.3. The molecule has 4 nitrogen and oxygen atoms in total. The average Bonchev–Trinajstić information content (AvgIpc) is 2.60. The molecule has 0 radical (unpaired) electrons. The normalized spacial score (nSPS) is 11.0. The SMILES string of the molecule is CCc1nc2cccc(C(F)F)c2c(=O)n1-c1cccc(C#N)c1. The van der Waals surface area contributed by atoms with E-state index in [2.05, 4.69) is 4.98 Å².